The van der Waals surface area contributed by atoms with Crippen LogP contribution in [0.3, 0.4) is 0 Å². The second-order valence-corrected chi connectivity index (χ2v) is 5.04. The average Bonchev–Trinajstić information content (AvgIpc) is 2.45. The molecule has 0 spiro atoms. The first-order valence-corrected chi connectivity index (χ1v) is 6.83. The minimum Gasteiger partial charge on any atom is -0.497 e. The number of nitrogens with one attached hydrogen (secondary N) is 1. The number of methoxy groups -OCH3 is 1. The van der Waals surface area contributed by atoms with Crippen LogP contribution in [0.1, 0.15) is 18.9 Å². The smallest absolute Gasteiger partial charge is 0.222 e. The molecule has 1 aromatic carbocycles. The van der Waals surface area contributed by atoms with Gasteiger partial charge in [0.15, 0.2) is 0 Å². The van der Waals surface area contributed by atoms with Gasteiger partial charge in [-0.15, -0.1) is 0 Å². The molecule has 0 aromatic heterocycles. The van der Waals surface area contributed by atoms with Crippen molar-refractivity contribution in [2.24, 2.45) is 0 Å². The normalized spacial score (nSPS) is 19.3. The van der Waals surface area contributed by atoms with Gasteiger partial charge < -0.3 is 15.0 Å². The SMILES string of the molecule is COc1ccc(CCC(=O)N2CCNC(C)C2)cc1. The van der Waals surface area contributed by atoms with Crippen LogP contribution in [0.4, 0.5) is 0 Å². The molecular formula is C15H22N2O2. The molecule has 1 aliphatic rings. The Balaban J connectivity index is 1.82. The number of amides is 1. The van der Waals surface area contributed by atoms with E-state index >= 15 is 0 Å². The van der Waals surface area contributed by atoms with Gasteiger partial charge in [0.2, 0.25) is 5.91 Å². The highest BCUT2D eigenvalue weighted by Gasteiger charge is 2.19. The summed E-state index contributed by atoms with van der Waals surface area (Å²) in [6.45, 7) is 4.66. The summed E-state index contributed by atoms with van der Waals surface area (Å²) in [5.74, 6) is 1.11. The Kier molecular flexibility index (Phi) is 4.80. The number of carbonyl (C=O) groups excluding carboxylic acids is 1. The van der Waals surface area contributed by atoms with Crippen LogP contribution in [0, 0.1) is 0 Å². The lowest BCUT2D eigenvalue weighted by molar-refractivity contribution is -0.132. The molecule has 1 amide bonds. The Morgan fingerprint density at radius 2 is 2.16 bits per heavy atom. The summed E-state index contributed by atoms with van der Waals surface area (Å²) in [4.78, 5) is 14.1. The van der Waals surface area contributed by atoms with Crippen LogP contribution in [0.2, 0.25) is 0 Å². The Bertz CT molecular complexity index is 417. The lowest BCUT2D eigenvalue weighted by Gasteiger charge is -2.32. The zero-order valence-electron chi connectivity index (χ0n) is 11.7. The fraction of sp³-hybridized carbons (Fsp3) is 0.533. The molecule has 2 rings (SSSR count). The first kappa shape index (κ1) is 13.9. The third-order valence-electron chi connectivity index (χ3n) is 3.51. The summed E-state index contributed by atoms with van der Waals surface area (Å²) in [7, 11) is 1.66. The molecule has 1 atom stereocenters. The number of ether oxygens (including phenoxy) is 1. The van der Waals surface area contributed by atoms with E-state index in [0.717, 1.165) is 31.8 Å². The molecule has 4 nitrogen and oxygen atoms in total. The molecule has 1 heterocycles. The lowest BCUT2D eigenvalue weighted by Crippen LogP contribution is -2.51. The van der Waals surface area contributed by atoms with Gasteiger partial charge >= 0.3 is 0 Å². The Morgan fingerprint density at radius 3 is 2.79 bits per heavy atom. The van der Waals surface area contributed by atoms with Crippen molar-refractivity contribution in [1.82, 2.24) is 10.2 Å². The number of nitrogens with zero attached hydrogens (tertiary/aromatic N) is 1. The second kappa shape index (κ2) is 6.57. The summed E-state index contributed by atoms with van der Waals surface area (Å²) in [6.07, 6.45) is 1.38. The summed E-state index contributed by atoms with van der Waals surface area (Å²) in [5, 5.41) is 3.35. The van der Waals surface area contributed by atoms with E-state index in [2.05, 4.69) is 12.2 Å². The van der Waals surface area contributed by atoms with Crippen molar-refractivity contribution in [1.29, 1.82) is 0 Å². The highest BCUT2D eigenvalue weighted by Crippen LogP contribution is 2.13. The number of carbonyl (C=O) groups is 1. The third-order valence-corrected chi connectivity index (χ3v) is 3.51. The topological polar surface area (TPSA) is 41.6 Å². The standard InChI is InChI=1S/C15H22N2O2/c1-12-11-17(10-9-16-12)15(18)8-5-13-3-6-14(19-2)7-4-13/h3-4,6-7,12,16H,5,8-11H2,1-2H3. The molecule has 1 N–H and O–H groups in total. The average molecular weight is 262 g/mol. The molecule has 0 bridgehead atoms. The van der Waals surface area contributed by atoms with Crippen LogP contribution < -0.4 is 10.1 Å². The molecule has 1 saturated heterocycles. The molecule has 1 fully saturated rings. The van der Waals surface area contributed by atoms with Crippen LogP contribution in [0.25, 0.3) is 0 Å². The van der Waals surface area contributed by atoms with E-state index in [9.17, 15) is 4.79 Å². The van der Waals surface area contributed by atoms with Crippen molar-refractivity contribution < 1.29 is 9.53 Å². The van der Waals surface area contributed by atoms with E-state index in [1.54, 1.807) is 7.11 Å². The van der Waals surface area contributed by atoms with Crippen LogP contribution >= 0.6 is 0 Å². The summed E-state index contributed by atoms with van der Waals surface area (Å²) < 4.78 is 5.12. The maximum Gasteiger partial charge on any atom is 0.222 e. The number of piperazine rings is 1. The number of rotatable bonds is 4. The quantitative estimate of drug-likeness (QED) is 0.893. The predicted molar refractivity (Wildman–Crippen MR) is 75.4 cm³/mol. The summed E-state index contributed by atoms with van der Waals surface area (Å²) in [6, 6.07) is 8.32. The molecule has 0 aliphatic carbocycles. The van der Waals surface area contributed by atoms with Crippen LogP contribution in [0.15, 0.2) is 24.3 Å². The molecule has 19 heavy (non-hydrogen) atoms. The van der Waals surface area contributed by atoms with Crippen molar-refractivity contribution in [2.45, 2.75) is 25.8 Å². The maximum absolute atomic E-state index is 12.1. The van der Waals surface area contributed by atoms with E-state index in [0.29, 0.717) is 12.5 Å². The first-order chi connectivity index (χ1) is 9.19. The fourth-order valence-electron chi connectivity index (χ4n) is 2.36. The van der Waals surface area contributed by atoms with Gasteiger partial charge in [-0.2, -0.15) is 0 Å². The summed E-state index contributed by atoms with van der Waals surface area (Å²) in [5.41, 5.74) is 1.18. The van der Waals surface area contributed by atoms with Gasteiger partial charge in [-0.1, -0.05) is 12.1 Å². The van der Waals surface area contributed by atoms with Crippen molar-refractivity contribution >= 4 is 5.91 Å². The van der Waals surface area contributed by atoms with Gasteiger partial charge in [-0.3, -0.25) is 4.79 Å². The monoisotopic (exact) mass is 262 g/mol. The highest BCUT2D eigenvalue weighted by atomic mass is 16.5. The maximum atomic E-state index is 12.1. The number of benzene rings is 1. The van der Waals surface area contributed by atoms with Gasteiger partial charge in [-0.25, -0.2) is 0 Å². The minimum atomic E-state index is 0.254. The van der Waals surface area contributed by atoms with Crippen molar-refractivity contribution in [2.75, 3.05) is 26.7 Å². The van der Waals surface area contributed by atoms with Crippen molar-refractivity contribution in [3.8, 4) is 5.75 Å². The zero-order valence-corrected chi connectivity index (χ0v) is 11.7. The van der Waals surface area contributed by atoms with Crippen molar-refractivity contribution in [3.05, 3.63) is 29.8 Å². The van der Waals surface area contributed by atoms with Gasteiger partial charge in [-0.05, 0) is 31.0 Å². The number of aryl methyl sites for hydroxylation is 1. The lowest BCUT2D eigenvalue weighted by atomic mass is 10.1. The summed E-state index contributed by atoms with van der Waals surface area (Å²) >= 11 is 0. The third kappa shape index (κ3) is 3.96. The van der Waals surface area contributed by atoms with E-state index in [4.69, 9.17) is 4.74 Å². The zero-order chi connectivity index (χ0) is 13.7. The fourth-order valence-corrected chi connectivity index (χ4v) is 2.36. The molecule has 1 unspecified atom stereocenters. The molecular weight excluding hydrogens is 240 g/mol. The van der Waals surface area contributed by atoms with Gasteiger partial charge in [0, 0.05) is 32.1 Å². The number of hydrogen-bond donors (Lipinski definition) is 1. The first-order valence-electron chi connectivity index (χ1n) is 6.83. The van der Waals surface area contributed by atoms with Crippen LogP contribution in [0.5, 0.6) is 5.75 Å². The van der Waals surface area contributed by atoms with E-state index < -0.39 is 0 Å². The molecule has 1 aromatic rings. The van der Waals surface area contributed by atoms with E-state index in [1.165, 1.54) is 5.56 Å². The van der Waals surface area contributed by atoms with E-state index in [1.807, 2.05) is 29.2 Å². The van der Waals surface area contributed by atoms with Crippen LogP contribution in [-0.4, -0.2) is 43.6 Å². The van der Waals surface area contributed by atoms with E-state index in [-0.39, 0.29) is 5.91 Å². The van der Waals surface area contributed by atoms with Gasteiger partial charge in [0.1, 0.15) is 5.75 Å². The van der Waals surface area contributed by atoms with Gasteiger partial charge in [0.05, 0.1) is 7.11 Å². The number of hydrogen-bond acceptors (Lipinski definition) is 3. The molecule has 104 valence electrons. The highest BCUT2D eigenvalue weighted by molar-refractivity contribution is 5.76. The molecule has 4 heteroatoms. The second-order valence-electron chi connectivity index (χ2n) is 5.04. The van der Waals surface area contributed by atoms with Gasteiger partial charge in [0.25, 0.3) is 0 Å². The van der Waals surface area contributed by atoms with Crippen LogP contribution in [-0.2, 0) is 11.2 Å². The molecule has 1 aliphatic heterocycles. The molecule has 0 saturated carbocycles. The minimum absolute atomic E-state index is 0.254. The largest absolute Gasteiger partial charge is 0.497 e. The Hall–Kier alpha value is -1.55. The molecule has 0 radical (unpaired) electrons. The Morgan fingerprint density at radius 1 is 1.42 bits per heavy atom. The Labute approximate surface area is 114 Å². The predicted octanol–water partition coefficient (Wildman–Crippen LogP) is 1.45. The van der Waals surface area contributed by atoms with Crippen molar-refractivity contribution in [3.63, 3.8) is 0 Å².